The largest absolute Gasteiger partial charge is 0.396 e. The van der Waals surface area contributed by atoms with Crippen LogP contribution in [-0.2, 0) is 0 Å². The van der Waals surface area contributed by atoms with Gasteiger partial charge >= 0.3 is 0 Å². The predicted octanol–water partition coefficient (Wildman–Crippen LogP) is 2.64. The van der Waals surface area contributed by atoms with Crippen LogP contribution in [0.1, 0.15) is 19.5 Å². The Labute approximate surface area is 91.8 Å². The highest BCUT2D eigenvalue weighted by molar-refractivity contribution is 14.1. The highest BCUT2D eigenvalue weighted by Gasteiger charge is 2.02. The van der Waals surface area contributed by atoms with E-state index in [1.54, 1.807) is 9.09 Å². The van der Waals surface area contributed by atoms with Gasteiger partial charge in [0, 0.05) is 0 Å². The van der Waals surface area contributed by atoms with Gasteiger partial charge in [-0.05, 0) is 25.5 Å². The molecule has 3 nitrogen and oxygen atoms in total. The Bertz CT molecular complexity index is 330. The molecule has 0 fully saturated rings. The number of halogens is 1. The van der Waals surface area contributed by atoms with Crippen molar-refractivity contribution in [3.63, 3.8) is 0 Å². The van der Waals surface area contributed by atoms with Crippen LogP contribution in [0.15, 0.2) is 23.9 Å². The lowest BCUT2D eigenvalue weighted by Gasteiger charge is -1.96. The Balaban J connectivity index is 3.02. The van der Waals surface area contributed by atoms with E-state index in [0.29, 0.717) is 5.69 Å². The van der Waals surface area contributed by atoms with E-state index in [1.165, 1.54) is 0 Å². The van der Waals surface area contributed by atoms with Gasteiger partial charge in [0.2, 0.25) is 0 Å². The summed E-state index contributed by atoms with van der Waals surface area (Å²) < 4.78 is 1.74. The smallest absolute Gasteiger partial charge is 0.0956 e. The molecule has 0 saturated carbocycles. The molecule has 70 valence electrons. The van der Waals surface area contributed by atoms with Gasteiger partial charge in [0.05, 0.1) is 40.4 Å². The lowest BCUT2D eigenvalue weighted by molar-refractivity contribution is 1.04. The summed E-state index contributed by atoms with van der Waals surface area (Å²) in [5.41, 5.74) is 8.54. The lowest BCUT2D eigenvalue weighted by Crippen LogP contribution is -1.89. The number of nitrogens with two attached hydrogens (primary N) is 1. The second-order valence-corrected chi connectivity index (χ2v) is 3.65. The number of hydrogen-bond acceptors (Lipinski definition) is 2. The molecule has 0 bridgehead atoms. The van der Waals surface area contributed by atoms with Crippen molar-refractivity contribution in [1.29, 1.82) is 0 Å². The van der Waals surface area contributed by atoms with Crippen LogP contribution in [0.4, 0.5) is 5.69 Å². The molecule has 0 radical (unpaired) electrons. The first-order valence-corrected chi connectivity index (χ1v) is 4.92. The van der Waals surface area contributed by atoms with Gasteiger partial charge in [-0.25, -0.2) is 2.90 Å². The number of allylic oxidation sites excluding steroid dienone is 3. The van der Waals surface area contributed by atoms with Crippen LogP contribution in [0.2, 0.25) is 0 Å². The number of nitrogens with zero attached hydrogens (tertiary/aromatic N) is 2. The first-order chi connectivity index (χ1) is 6.15. The lowest BCUT2D eigenvalue weighted by atomic mass is 10.2. The summed E-state index contributed by atoms with van der Waals surface area (Å²) in [4.78, 5) is 0. The van der Waals surface area contributed by atoms with E-state index in [2.05, 4.69) is 28.0 Å². The van der Waals surface area contributed by atoms with Crippen molar-refractivity contribution in [2.24, 2.45) is 0 Å². The Morgan fingerprint density at radius 3 is 2.85 bits per heavy atom. The van der Waals surface area contributed by atoms with Crippen molar-refractivity contribution in [2.75, 3.05) is 5.73 Å². The third-order valence-electron chi connectivity index (χ3n) is 1.59. The number of hydrogen-bond donors (Lipinski definition) is 1. The molecule has 0 aromatic carbocycles. The second-order valence-electron chi connectivity index (χ2n) is 2.73. The topological polar surface area (TPSA) is 43.8 Å². The second kappa shape index (κ2) is 4.45. The van der Waals surface area contributed by atoms with Gasteiger partial charge in [-0.2, -0.15) is 5.10 Å². The van der Waals surface area contributed by atoms with E-state index in [0.717, 1.165) is 11.3 Å². The molecule has 1 aromatic heterocycles. The molecule has 0 amide bonds. The molecule has 0 aliphatic rings. The molecule has 0 saturated heterocycles. The standard InChI is InChI=1S/C9H12IN3/c1-3-4-7(2)5-9-8(11)6-12-13(9)10/h3-6H,11H2,1-2H3/b4-3-,7-5-. The normalized spacial score (nSPS) is 12.7. The van der Waals surface area contributed by atoms with Gasteiger partial charge < -0.3 is 5.73 Å². The van der Waals surface area contributed by atoms with Crippen LogP contribution in [0, 0.1) is 0 Å². The van der Waals surface area contributed by atoms with E-state index in [9.17, 15) is 0 Å². The summed E-state index contributed by atoms with van der Waals surface area (Å²) in [5, 5.41) is 4.04. The Morgan fingerprint density at radius 1 is 1.69 bits per heavy atom. The van der Waals surface area contributed by atoms with E-state index in [1.807, 2.05) is 32.1 Å². The average molecular weight is 289 g/mol. The summed E-state index contributed by atoms with van der Waals surface area (Å²) in [6.45, 7) is 4.02. The summed E-state index contributed by atoms with van der Waals surface area (Å²) in [5.74, 6) is 0. The maximum absolute atomic E-state index is 5.73. The molecule has 1 rings (SSSR count). The zero-order valence-corrected chi connectivity index (χ0v) is 9.82. The van der Waals surface area contributed by atoms with Gasteiger partial charge in [0.25, 0.3) is 0 Å². The van der Waals surface area contributed by atoms with Crippen molar-refractivity contribution in [1.82, 2.24) is 7.99 Å². The van der Waals surface area contributed by atoms with Crippen LogP contribution >= 0.6 is 22.9 Å². The first kappa shape index (κ1) is 10.3. The quantitative estimate of drug-likeness (QED) is 0.672. The fourth-order valence-electron chi connectivity index (χ4n) is 1.01. The van der Waals surface area contributed by atoms with Crippen molar-refractivity contribution in [3.05, 3.63) is 29.6 Å². The Morgan fingerprint density at radius 2 is 2.38 bits per heavy atom. The zero-order chi connectivity index (χ0) is 9.84. The van der Waals surface area contributed by atoms with Gasteiger partial charge in [-0.1, -0.05) is 12.2 Å². The molecule has 1 aromatic rings. The molecule has 0 unspecified atom stereocenters. The molecule has 13 heavy (non-hydrogen) atoms. The fraction of sp³-hybridized carbons (Fsp3) is 0.222. The zero-order valence-electron chi connectivity index (χ0n) is 7.66. The molecule has 0 aliphatic carbocycles. The molecule has 1 heterocycles. The van der Waals surface area contributed by atoms with Crippen molar-refractivity contribution in [2.45, 2.75) is 13.8 Å². The van der Waals surface area contributed by atoms with Crippen LogP contribution in [0.25, 0.3) is 6.08 Å². The van der Waals surface area contributed by atoms with E-state index >= 15 is 0 Å². The number of anilines is 1. The number of rotatable bonds is 2. The molecule has 0 spiro atoms. The monoisotopic (exact) mass is 289 g/mol. The third-order valence-corrected chi connectivity index (χ3v) is 2.36. The van der Waals surface area contributed by atoms with Gasteiger partial charge in [-0.15, -0.1) is 0 Å². The van der Waals surface area contributed by atoms with E-state index in [4.69, 9.17) is 5.73 Å². The molecule has 0 aliphatic heterocycles. The fourth-order valence-corrected chi connectivity index (χ4v) is 1.55. The third kappa shape index (κ3) is 2.58. The average Bonchev–Trinajstić information content (AvgIpc) is 2.36. The van der Waals surface area contributed by atoms with Crippen LogP contribution in [-0.4, -0.2) is 7.99 Å². The minimum Gasteiger partial charge on any atom is -0.396 e. The highest BCUT2D eigenvalue weighted by Crippen LogP contribution is 2.17. The van der Waals surface area contributed by atoms with Crippen LogP contribution in [0.3, 0.4) is 0 Å². The Hall–Kier alpha value is -0.780. The van der Waals surface area contributed by atoms with Gasteiger partial charge in [-0.3, -0.25) is 0 Å². The maximum Gasteiger partial charge on any atom is 0.0956 e. The minimum atomic E-state index is 0.707. The SMILES string of the molecule is C/C=C\C(C)=C/c1c(N)cnn1I. The summed E-state index contributed by atoms with van der Waals surface area (Å²) >= 11 is 2.10. The predicted molar refractivity (Wildman–Crippen MR) is 64.5 cm³/mol. The summed E-state index contributed by atoms with van der Waals surface area (Å²) in [6, 6.07) is 0. The first-order valence-electron chi connectivity index (χ1n) is 3.95. The van der Waals surface area contributed by atoms with Crippen molar-refractivity contribution >= 4 is 34.6 Å². The summed E-state index contributed by atoms with van der Waals surface area (Å²) in [7, 11) is 0. The van der Waals surface area contributed by atoms with E-state index < -0.39 is 0 Å². The molecular weight excluding hydrogens is 277 g/mol. The highest BCUT2D eigenvalue weighted by atomic mass is 127. The van der Waals surface area contributed by atoms with Crippen molar-refractivity contribution in [3.8, 4) is 0 Å². The maximum atomic E-state index is 5.73. The number of nitrogen functional groups attached to an aromatic ring is 1. The van der Waals surface area contributed by atoms with Gasteiger partial charge in [0.15, 0.2) is 0 Å². The molecular formula is C9H12IN3. The van der Waals surface area contributed by atoms with Crippen molar-refractivity contribution < 1.29 is 0 Å². The number of aromatic nitrogens is 2. The molecule has 0 atom stereocenters. The molecule has 4 heteroatoms. The van der Waals surface area contributed by atoms with Crippen LogP contribution in [0.5, 0.6) is 0 Å². The minimum absolute atomic E-state index is 0.707. The molecule has 2 N–H and O–H groups in total. The summed E-state index contributed by atoms with van der Waals surface area (Å²) in [6.07, 6.45) is 7.69. The van der Waals surface area contributed by atoms with E-state index in [-0.39, 0.29) is 0 Å². The van der Waals surface area contributed by atoms with Gasteiger partial charge in [0.1, 0.15) is 0 Å². The Kier molecular flexibility index (Phi) is 3.53. The van der Waals surface area contributed by atoms with Crippen LogP contribution < -0.4 is 5.73 Å².